The van der Waals surface area contributed by atoms with Gasteiger partial charge in [0.05, 0.1) is 5.69 Å². The maximum Gasteiger partial charge on any atom is 0.341 e. The zero-order chi connectivity index (χ0) is 17.8. The molecule has 1 aliphatic rings. The molecule has 0 radical (unpaired) electrons. The normalized spacial score (nSPS) is 16.6. The number of aryl methyl sites for hydroxylation is 1. The van der Waals surface area contributed by atoms with Gasteiger partial charge in [0.2, 0.25) is 0 Å². The summed E-state index contributed by atoms with van der Waals surface area (Å²) < 4.78 is 10.5. The number of aliphatic carboxylic acids is 1. The molecule has 8 heteroatoms. The van der Waals surface area contributed by atoms with Crippen LogP contribution in [-0.4, -0.2) is 41.3 Å². The van der Waals surface area contributed by atoms with Crippen LogP contribution in [-0.2, 0) is 14.3 Å². The average molecular weight is 362 g/mol. The summed E-state index contributed by atoms with van der Waals surface area (Å²) in [6.07, 6.45) is 1.25. The Morgan fingerprint density at radius 1 is 1.40 bits per heavy atom. The van der Waals surface area contributed by atoms with E-state index in [9.17, 15) is 9.59 Å². The number of amides is 1. The number of thiazole rings is 1. The lowest BCUT2D eigenvalue weighted by molar-refractivity contribution is -0.139. The Morgan fingerprint density at radius 3 is 2.80 bits per heavy atom. The van der Waals surface area contributed by atoms with Gasteiger partial charge in [-0.25, -0.2) is 9.78 Å². The van der Waals surface area contributed by atoms with E-state index in [0.29, 0.717) is 17.5 Å². The van der Waals surface area contributed by atoms with E-state index in [-0.39, 0.29) is 12.5 Å². The predicted octanol–water partition coefficient (Wildman–Crippen LogP) is 2.70. The van der Waals surface area contributed by atoms with Crippen molar-refractivity contribution in [3.63, 3.8) is 0 Å². The van der Waals surface area contributed by atoms with Crippen LogP contribution >= 0.6 is 11.3 Å². The highest BCUT2D eigenvalue weighted by atomic mass is 32.1. The number of anilines is 1. The van der Waals surface area contributed by atoms with E-state index in [0.717, 1.165) is 29.0 Å². The van der Waals surface area contributed by atoms with Gasteiger partial charge in [0.25, 0.3) is 5.91 Å². The van der Waals surface area contributed by atoms with E-state index >= 15 is 0 Å². The minimum atomic E-state index is -1.02. The number of nitrogens with zero attached hydrogens (tertiary/aromatic N) is 1. The van der Waals surface area contributed by atoms with Gasteiger partial charge in [0.15, 0.2) is 11.7 Å². The highest BCUT2D eigenvalue weighted by Gasteiger charge is 2.24. The topological polar surface area (TPSA) is 97.8 Å². The van der Waals surface area contributed by atoms with Crippen LogP contribution in [0.2, 0.25) is 0 Å². The van der Waals surface area contributed by atoms with Gasteiger partial charge in [0.1, 0.15) is 11.9 Å². The van der Waals surface area contributed by atoms with Crippen molar-refractivity contribution < 1.29 is 24.2 Å². The Labute approximate surface area is 148 Å². The summed E-state index contributed by atoms with van der Waals surface area (Å²) in [6.45, 7) is 2.18. The standard InChI is InChI=1S/C17H18N2O5S/c1-10-15(11-4-6-12(7-5-11)24-9-14(20)21)18-17(25-10)19-16(22)13-3-2-8-23-13/h4-7,13H,2-3,8-9H2,1H3,(H,20,21)(H,18,19,22). The van der Waals surface area contributed by atoms with Gasteiger partial charge in [0, 0.05) is 17.0 Å². The average Bonchev–Trinajstić information content (AvgIpc) is 3.23. The lowest BCUT2D eigenvalue weighted by atomic mass is 10.1. The summed E-state index contributed by atoms with van der Waals surface area (Å²) in [5.74, 6) is -0.702. The van der Waals surface area contributed by atoms with Crippen LogP contribution in [0, 0.1) is 6.92 Å². The number of aromatic nitrogens is 1. The summed E-state index contributed by atoms with van der Waals surface area (Å²) in [6, 6.07) is 7.01. The van der Waals surface area contributed by atoms with Crippen molar-refractivity contribution in [1.29, 1.82) is 0 Å². The zero-order valence-corrected chi connectivity index (χ0v) is 14.5. The van der Waals surface area contributed by atoms with Gasteiger partial charge in [-0.15, -0.1) is 11.3 Å². The molecule has 0 spiro atoms. The molecule has 0 aliphatic carbocycles. The Kier molecular flexibility index (Phi) is 5.30. The number of carboxylic acids is 1. The largest absolute Gasteiger partial charge is 0.482 e. The molecule has 2 N–H and O–H groups in total. The van der Waals surface area contributed by atoms with Crippen LogP contribution in [0.3, 0.4) is 0 Å². The summed E-state index contributed by atoms with van der Waals surface area (Å²) in [5.41, 5.74) is 1.64. The number of carbonyl (C=O) groups excluding carboxylic acids is 1. The lowest BCUT2D eigenvalue weighted by Crippen LogP contribution is -2.26. The van der Waals surface area contributed by atoms with Crippen LogP contribution in [0.1, 0.15) is 17.7 Å². The Morgan fingerprint density at radius 2 is 2.16 bits per heavy atom. The van der Waals surface area contributed by atoms with Crippen molar-refractivity contribution in [2.24, 2.45) is 0 Å². The molecule has 0 bridgehead atoms. The highest BCUT2D eigenvalue weighted by molar-refractivity contribution is 7.16. The SMILES string of the molecule is Cc1sc(NC(=O)C2CCCO2)nc1-c1ccc(OCC(=O)O)cc1. The van der Waals surface area contributed by atoms with Crippen molar-refractivity contribution in [3.8, 4) is 17.0 Å². The Bertz CT molecular complexity index is 766. The molecule has 1 aliphatic heterocycles. The molecule has 0 saturated carbocycles. The number of hydrogen-bond donors (Lipinski definition) is 2. The van der Waals surface area contributed by atoms with E-state index < -0.39 is 12.1 Å². The molecule has 1 aromatic carbocycles. The Balaban J connectivity index is 1.69. The third-order valence-electron chi connectivity index (χ3n) is 3.74. The molecule has 132 valence electrons. The molecule has 2 aromatic rings. The number of hydrogen-bond acceptors (Lipinski definition) is 6. The van der Waals surface area contributed by atoms with Crippen LogP contribution < -0.4 is 10.1 Å². The van der Waals surface area contributed by atoms with Gasteiger partial charge in [-0.05, 0) is 44.0 Å². The predicted molar refractivity (Wildman–Crippen MR) is 93.0 cm³/mol. The third-order valence-corrected chi connectivity index (χ3v) is 4.63. The third kappa shape index (κ3) is 4.34. The molecule has 25 heavy (non-hydrogen) atoms. The lowest BCUT2D eigenvalue weighted by Gasteiger charge is -2.07. The van der Waals surface area contributed by atoms with Crippen LogP contribution in [0.5, 0.6) is 5.75 Å². The van der Waals surface area contributed by atoms with Gasteiger partial charge in [-0.2, -0.15) is 0 Å². The number of carboxylic acid groups (broad SMARTS) is 1. The molecule has 1 atom stereocenters. The first kappa shape index (κ1) is 17.4. The smallest absolute Gasteiger partial charge is 0.341 e. The number of nitrogens with one attached hydrogen (secondary N) is 1. The molecule has 2 heterocycles. The first-order valence-corrected chi connectivity index (χ1v) is 8.69. The van der Waals surface area contributed by atoms with Crippen molar-refractivity contribution in [2.45, 2.75) is 25.9 Å². The van der Waals surface area contributed by atoms with Gasteiger partial charge in [-0.1, -0.05) is 0 Å². The van der Waals surface area contributed by atoms with E-state index in [2.05, 4.69) is 10.3 Å². The fourth-order valence-electron chi connectivity index (χ4n) is 2.54. The summed E-state index contributed by atoms with van der Waals surface area (Å²) >= 11 is 1.41. The van der Waals surface area contributed by atoms with Gasteiger partial charge < -0.3 is 14.6 Å². The first-order valence-electron chi connectivity index (χ1n) is 7.88. The second-order valence-corrected chi connectivity index (χ2v) is 6.82. The molecule has 1 unspecified atom stereocenters. The van der Waals surface area contributed by atoms with Crippen molar-refractivity contribution in [3.05, 3.63) is 29.1 Å². The molecule has 1 fully saturated rings. The minimum absolute atomic E-state index is 0.157. The molecule has 1 aromatic heterocycles. The van der Waals surface area contributed by atoms with Crippen LogP contribution in [0.25, 0.3) is 11.3 Å². The number of benzene rings is 1. The highest BCUT2D eigenvalue weighted by Crippen LogP contribution is 2.31. The quantitative estimate of drug-likeness (QED) is 0.820. The summed E-state index contributed by atoms with van der Waals surface area (Å²) in [4.78, 5) is 28.1. The van der Waals surface area contributed by atoms with Crippen molar-refractivity contribution in [2.75, 3.05) is 18.5 Å². The van der Waals surface area contributed by atoms with E-state index in [1.165, 1.54) is 11.3 Å². The Hall–Kier alpha value is -2.45. The molecule has 1 amide bonds. The maximum atomic E-state index is 12.1. The van der Waals surface area contributed by atoms with Crippen molar-refractivity contribution >= 4 is 28.3 Å². The van der Waals surface area contributed by atoms with Crippen LogP contribution in [0.4, 0.5) is 5.13 Å². The molecular formula is C17H18N2O5S. The molecule has 7 nitrogen and oxygen atoms in total. The second kappa shape index (κ2) is 7.62. The summed E-state index contributed by atoms with van der Waals surface area (Å²) in [7, 11) is 0. The zero-order valence-electron chi connectivity index (χ0n) is 13.7. The summed E-state index contributed by atoms with van der Waals surface area (Å²) in [5, 5.41) is 12.0. The molecular weight excluding hydrogens is 344 g/mol. The maximum absolute atomic E-state index is 12.1. The number of ether oxygens (including phenoxy) is 2. The van der Waals surface area contributed by atoms with E-state index in [4.69, 9.17) is 14.6 Å². The number of carbonyl (C=O) groups is 2. The van der Waals surface area contributed by atoms with E-state index in [1.807, 2.05) is 19.1 Å². The van der Waals surface area contributed by atoms with Gasteiger partial charge >= 0.3 is 5.97 Å². The monoisotopic (exact) mass is 362 g/mol. The van der Waals surface area contributed by atoms with Crippen LogP contribution in [0.15, 0.2) is 24.3 Å². The van der Waals surface area contributed by atoms with E-state index in [1.54, 1.807) is 12.1 Å². The first-order chi connectivity index (χ1) is 12.0. The van der Waals surface area contributed by atoms with Gasteiger partial charge in [-0.3, -0.25) is 10.1 Å². The molecule has 1 saturated heterocycles. The fourth-order valence-corrected chi connectivity index (χ4v) is 3.38. The molecule has 3 rings (SSSR count). The second-order valence-electron chi connectivity index (χ2n) is 5.62. The minimum Gasteiger partial charge on any atom is -0.482 e. The fraction of sp³-hybridized carbons (Fsp3) is 0.353. The number of rotatable bonds is 6. The van der Waals surface area contributed by atoms with Crippen molar-refractivity contribution in [1.82, 2.24) is 4.98 Å².